The zero-order valence-corrected chi connectivity index (χ0v) is 22.7. The van der Waals surface area contributed by atoms with Gasteiger partial charge in [0.05, 0.1) is 23.4 Å². The smallest absolute Gasteiger partial charge is 0.338 e. The zero-order valence-electron chi connectivity index (χ0n) is 22.7. The maximum absolute atomic E-state index is 12.8. The molecule has 1 fully saturated rings. The highest BCUT2D eigenvalue weighted by Crippen LogP contribution is 2.34. The molecule has 0 bridgehead atoms. The molecule has 1 saturated heterocycles. The fraction of sp³-hybridized carbons (Fsp3) is 0.355. The average Bonchev–Trinajstić information content (AvgIpc) is 3.37. The molecule has 2 N–H and O–H groups in total. The van der Waals surface area contributed by atoms with Crippen molar-refractivity contribution in [2.75, 3.05) is 36.9 Å². The van der Waals surface area contributed by atoms with E-state index in [0.717, 1.165) is 43.6 Å². The van der Waals surface area contributed by atoms with Crippen molar-refractivity contribution >= 4 is 34.5 Å². The molecule has 0 aliphatic carbocycles. The predicted molar refractivity (Wildman–Crippen MR) is 155 cm³/mol. The lowest BCUT2D eigenvalue weighted by molar-refractivity contribution is 0.0526. The number of ether oxygens (including phenoxy) is 1. The number of rotatable bonds is 7. The lowest BCUT2D eigenvalue weighted by Crippen LogP contribution is -2.42. The third-order valence-corrected chi connectivity index (χ3v) is 7.86. The van der Waals surface area contributed by atoms with Crippen LogP contribution in [0, 0.1) is 5.92 Å². The SMILES string of the molecule is CCOC(=O)c1ccc(NC(=O)N2CCC(CNc3nccc(-c4cn5c6c(cccc46)CCC5)n3)CC2)cc1. The van der Waals surface area contributed by atoms with Crippen molar-refractivity contribution < 1.29 is 14.3 Å². The summed E-state index contributed by atoms with van der Waals surface area (Å²) >= 11 is 0. The van der Waals surface area contributed by atoms with E-state index in [9.17, 15) is 9.59 Å². The Morgan fingerprint density at radius 3 is 2.67 bits per heavy atom. The van der Waals surface area contributed by atoms with Gasteiger partial charge in [0.2, 0.25) is 5.95 Å². The normalized spacial score (nSPS) is 15.2. The quantitative estimate of drug-likeness (QED) is 0.298. The number of amides is 2. The van der Waals surface area contributed by atoms with Crippen LogP contribution < -0.4 is 10.6 Å². The summed E-state index contributed by atoms with van der Waals surface area (Å²) in [4.78, 5) is 35.8. The number of aromatic nitrogens is 3. The van der Waals surface area contributed by atoms with E-state index in [4.69, 9.17) is 9.72 Å². The fourth-order valence-corrected chi connectivity index (χ4v) is 5.74. The Bertz CT molecular complexity index is 1520. The molecule has 206 valence electrons. The maximum Gasteiger partial charge on any atom is 0.338 e. The Balaban J connectivity index is 1.02. The Labute approximate surface area is 233 Å². The Morgan fingerprint density at radius 1 is 1.05 bits per heavy atom. The van der Waals surface area contributed by atoms with Crippen molar-refractivity contribution in [3.63, 3.8) is 0 Å². The van der Waals surface area contributed by atoms with Gasteiger partial charge in [0.15, 0.2) is 0 Å². The summed E-state index contributed by atoms with van der Waals surface area (Å²) < 4.78 is 7.37. The van der Waals surface area contributed by atoms with E-state index in [-0.39, 0.29) is 12.0 Å². The number of urea groups is 1. The van der Waals surface area contributed by atoms with E-state index in [1.54, 1.807) is 31.2 Å². The molecule has 4 heterocycles. The Kier molecular flexibility index (Phi) is 7.35. The number of piperidine rings is 1. The molecule has 9 nitrogen and oxygen atoms in total. The van der Waals surface area contributed by atoms with Gasteiger partial charge in [-0.3, -0.25) is 0 Å². The van der Waals surface area contributed by atoms with E-state index < -0.39 is 0 Å². The van der Waals surface area contributed by atoms with Gasteiger partial charge in [-0.1, -0.05) is 18.2 Å². The van der Waals surface area contributed by atoms with Gasteiger partial charge in [-0.25, -0.2) is 19.6 Å². The van der Waals surface area contributed by atoms with E-state index >= 15 is 0 Å². The number of hydrogen-bond donors (Lipinski definition) is 2. The highest BCUT2D eigenvalue weighted by atomic mass is 16.5. The summed E-state index contributed by atoms with van der Waals surface area (Å²) in [7, 11) is 0. The molecule has 2 aromatic carbocycles. The third kappa shape index (κ3) is 5.36. The summed E-state index contributed by atoms with van der Waals surface area (Å²) in [6, 6.07) is 15.2. The molecule has 9 heteroatoms. The van der Waals surface area contributed by atoms with Crippen molar-refractivity contribution in [2.45, 2.75) is 39.2 Å². The third-order valence-electron chi connectivity index (χ3n) is 7.86. The summed E-state index contributed by atoms with van der Waals surface area (Å²) in [6.07, 6.45) is 8.15. The Hall–Kier alpha value is -4.40. The molecule has 6 rings (SSSR count). The number of likely N-dealkylation sites (tertiary alicyclic amines) is 1. The van der Waals surface area contributed by atoms with Crippen molar-refractivity contribution in [1.82, 2.24) is 19.4 Å². The fourth-order valence-electron chi connectivity index (χ4n) is 5.74. The highest BCUT2D eigenvalue weighted by molar-refractivity contribution is 5.97. The Morgan fingerprint density at radius 2 is 1.88 bits per heavy atom. The number of esters is 1. The first-order chi connectivity index (χ1) is 19.6. The molecule has 2 aromatic heterocycles. The first-order valence-corrected chi connectivity index (χ1v) is 14.1. The lowest BCUT2D eigenvalue weighted by Gasteiger charge is -2.32. The van der Waals surface area contributed by atoms with Crippen LogP contribution in [0.1, 0.15) is 42.1 Å². The minimum Gasteiger partial charge on any atom is -0.462 e. The van der Waals surface area contributed by atoms with Gasteiger partial charge in [0.1, 0.15) is 0 Å². The number of carbonyl (C=O) groups excluding carboxylic acids is 2. The van der Waals surface area contributed by atoms with Gasteiger partial charge in [0, 0.05) is 55.2 Å². The van der Waals surface area contributed by atoms with Gasteiger partial charge in [0.25, 0.3) is 0 Å². The van der Waals surface area contributed by atoms with Crippen molar-refractivity contribution in [3.8, 4) is 11.3 Å². The number of hydrogen-bond acceptors (Lipinski definition) is 6. The standard InChI is InChI=1S/C31H34N6O3/c1-2-40-29(38)23-8-10-24(11-9-23)34-31(39)36-17-13-21(14-18-36)19-33-30-32-15-12-27(35-30)26-20-37-16-4-6-22-5-3-7-25(26)28(22)37/h3,5,7-12,15,20-21H,2,4,6,13-14,16-19H2,1H3,(H,34,39)(H,32,33,35). The largest absolute Gasteiger partial charge is 0.462 e. The van der Waals surface area contributed by atoms with Crippen LogP contribution in [0.2, 0.25) is 0 Å². The molecule has 0 spiro atoms. The minimum atomic E-state index is -0.366. The number of nitrogens with zero attached hydrogens (tertiary/aromatic N) is 4. The van der Waals surface area contributed by atoms with Crippen molar-refractivity contribution in [1.29, 1.82) is 0 Å². The van der Waals surface area contributed by atoms with Crippen molar-refractivity contribution in [2.24, 2.45) is 5.92 Å². The molecule has 2 amide bonds. The van der Waals surface area contributed by atoms with Crippen LogP contribution in [0.25, 0.3) is 22.2 Å². The van der Waals surface area contributed by atoms with Crippen LogP contribution >= 0.6 is 0 Å². The first kappa shape index (κ1) is 25.9. The number of anilines is 2. The monoisotopic (exact) mass is 538 g/mol. The summed E-state index contributed by atoms with van der Waals surface area (Å²) in [6.45, 7) is 5.27. The van der Waals surface area contributed by atoms with E-state index in [0.29, 0.717) is 42.8 Å². The molecule has 2 aliphatic rings. The van der Waals surface area contributed by atoms with E-state index in [1.807, 2.05) is 17.2 Å². The topological polar surface area (TPSA) is 101 Å². The molecule has 0 radical (unpaired) electrons. The molecular weight excluding hydrogens is 504 g/mol. The van der Waals surface area contributed by atoms with Crippen LogP contribution in [-0.2, 0) is 17.7 Å². The number of aryl methyl sites for hydroxylation is 2. The second-order valence-corrected chi connectivity index (χ2v) is 10.5. The molecule has 0 atom stereocenters. The molecule has 4 aromatic rings. The van der Waals surface area contributed by atoms with Crippen LogP contribution in [0.4, 0.5) is 16.4 Å². The van der Waals surface area contributed by atoms with Gasteiger partial charge in [-0.15, -0.1) is 0 Å². The van der Waals surface area contributed by atoms with Crippen LogP contribution in [0.5, 0.6) is 0 Å². The van der Waals surface area contributed by atoms with Gasteiger partial charge >= 0.3 is 12.0 Å². The summed E-state index contributed by atoms with van der Waals surface area (Å²) in [5.74, 6) is 0.699. The average molecular weight is 539 g/mol. The van der Waals surface area contributed by atoms with Gasteiger partial charge < -0.3 is 24.8 Å². The zero-order chi connectivity index (χ0) is 27.5. The minimum absolute atomic E-state index is 0.127. The summed E-state index contributed by atoms with van der Waals surface area (Å²) in [5, 5.41) is 7.62. The van der Waals surface area contributed by atoms with E-state index in [2.05, 4.69) is 44.6 Å². The molecule has 40 heavy (non-hydrogen) atoms. The molecular formula is C31H34N6O3. The predicted octanol–water partition coefficient (Wildman–Crippen LogP) is 5.58. The number of carbonyl (C=O) groups is 2. The maximum atomic E-state index is 12.8. The van der Waals surface area contributed by atoms with Gasteiger partial charge in [-0.2, -0.15) is 0 Å². The molecule has 0 unspecified atom stereocenters. The number of benzene rings is 2. The summed E-state index contributed by atoms with van der Waals surface area (Å²) in [5.41, 5.74) is 5.95. The highest BCUT2D eigenvalue weighted by Gasteiger charge is 2.23. The lowest BCUT2D eigenvalue weighted by atomic mass is 9.97. The van der Waals surface area contributed by atoms with Crippen molar-refractivity contribution in [3.05, 3.63) is 72.1 Å². The number of nitrogens with one attached hydrogen (secondary N) is 2. The van der Waals surface area contributed by atoms with Crippen LogP contribution in [0.3, 0.4) is 0 Å². The molecule has 0 saturated carbocycles. The first-order valence-electron chi connectivity index (χ1n) is 14.1. The second-order valence-electron chi connectivity index (χ2n) is 10.5. The van der Waals surface area contributed by atoms with E-state index in [1.165, 1.54) is 22.9 Å². The van der Waals surface area contributed by atoms with Crippen LogP contribution in [-0.4, -0.2) is 57.7 Å². The molecule has 2 aliphatic heterocycles. The van der Waals surface area contributed by atoms with Crippen LogP contribution in [0.15, 0.2) is 60.9 Å². The second kappa shape index (κ2) is 11.4. The van der Waals surface area contributed by atoms with Gasteiger partial charge in [-0.05, 0) is 74.4 Å². The number of para-hydroxylation sites is 1.